The summed E-state index contributed by atoms with van der Waals surface area (Å²) in [6, 6.07) is 14.5. The van der Waals surface area contributed by atoms with E-state index in [1.165, 1.54) is 0 Å². The minimum Gasteiger partial charge on any atom is -0.457 e. The minimum absolute atomic E-state index is 0.169. The van der Waals surface area contributed by atoms with Gasteiger partial charge in [0, 0.05) is 0 Å². The van der Waals surface area contributed by atoms with Crippen molar-refractivity contribution in [3.05, 3.63) is 59.7 Å². The topological polar surface area (TPSA) is 85.6 Å². The van der Waals surface area contributed by atoms with E-state index in [2.05, 4.69) is 0 Å². The summed E-state index contributed by atoms with van der Waals surface area (Å²) in [5.74, 6) is -0.180. The Hall–Kier alpha value is -3.33. The number of hydrogen-bond acceptors (Lipinski definition) is 6. The zero-order valence-electron chi connectivity index (χ0n) is 14.6. The third kappa shape index (κ3) is 5.35. The van der Waals surface area contributed by atoms with Crippen molar-refractivity contribution in [1.82, 2.24) is 0 Å². The van der Waals surface area contributed by atoms with Gasteiger partial charge in [0.2, 0.25) is 6.79 Å². The molecule has 0 radical (unpaired) electrons. The number of hydrogen-bond donors (Lipinski definition) is 0. The van der Waals surface area contributed by atoms with Gasteiger partial charge in [-0.25, -0.2) is 4.79 Å². The van der Waals surface area contributed by atoms with Crippen molar-refractivity contribution in [2.75, 3.05) is 6.79 Å². The SMILES string of the molecule is CCC(C)C(=O)OCOc1ccc(C(=O)Oc2ccc(C#N)cc2)cc1. The lowest BCUT2D eigenvalue weighted by atomic mass is 10.1. The third-order valence-corrected chi connectivity index (χ3v) is 3.73. The van der Waals surface area contributed by atoms with Gasteiger partial charge in [0.25, 0.3) is 0 Å². The second-order valence-electron chi connectivity index (χ2n) is 5.58. The molecular weight excluding hydrogens is 334 g/mol. The highest BCUT2D eigenvalue weighted by Crippen LogP contribution is 2.17. The quantitative estimate of drug-likeness (QED) is 0.428. The number of esters is 2. The summed E-state index contributed by atoms with van der Waals surface area (Å²) in [6.45, 7) is 3.51. The van der Waals surface area contributed by atoms with Crippen LogP contribution in [0.3, 0.4) is 0 Å². The van der Waals surface area contributed by atoms with E-state index < -0.39 is 5.97 Å². The average molecular weight is 353 g/mol. The van der Waals surface area contributed by atoms with Gasteiger partial charge in [-0.15, -0.1) is 0 Å². The van der Waals surface area contributed by atoms with Crippen molar-refractivity contribution in [3.63, 3.8) is 0 Å². The molecule has 1 atom stereocenters. The summed E-state index contributed by atoms with van der Waals surface area (Å²) in [5.41, 5.74) is 0.832. The maximum atomic E-state index is 12.1. The molecule has 26 heavy (non-hydrogen) atoms. The Morgan fingerprint density at radius 2 is 1.65 bits per heavy atom. The molecule has 1 unspecified atom stereocenters. The Morgan fingerprint density at radius 1 is 1.04 bits per heavy atom. The molecule has 6 heteroatoms. The van der Waals surface area contributed by atoms with E-state index in [-0.39, 0.29) is 18.7 Å². The van der Waals surface area contributed by atoms with Crippen LogP contribution >= 0.6 is 0 Å². The average Bonchev–Trinajstić information content (AvgIpc) is 2.68. The summed E-state index contributed by atoms with van der Waals surface area (Å²) in [6.07, 6.45) is 0.703. The summed E-state index contributed by atoms with van der Waals surface area (Å²) < 4.78 is 15.6. The fourth-order valence-corrected chi connectivity index (χ4v) is 1.92. The monoisotopic (exact) mass is 353 g/mol. The van der Waals surface area contributed by atoms with Crippen LogP contribution in [-0.4, -0.2) is 18.7 Å². The molecular formula is C20H19NO5. The molecule has 0 spiro atoms. The molecule has 0 saturated carbocycles. The third-order valence-electron chi connectivity index (χ3n) is 3.73. The van der Waals surface area contributed by atoms with Crippen LogP contribution in [0.4, 0.5) is 0 Å². The van der Waals surface area contributed by atoms with Gasteiger partial charge in [0.1, 0.15) is 11.5 Å². The Kier molecular flexibility index (Phi) is 6.75. The number of nitriles is 1. The first-order valence-electron chi connectivity index (χ1n) is 8.15. The highest BCUT2D eigenvalue weighted by Gasteiger charge is 2.12. The maximum absolute atomic E-state index is 12.1. The van der Waals surface area contributed by atoms with Crippen molar-refractivity contribution in [2.45, 2.75) is 20.3 Å². The highest BCUT2D eigenvalue weighted by molar-refractivity contribution is 5.91. The molecule has 2 aromatic carbocycles. The van der Waals surface area contributed by atoms with E-state index in [1.54, 1.807) is 55.5 Å². The number of rotatable bonds is 7. The van der Waals surface area contributed by atoms with Crippen LogP contribution in [0.1, 0.15) is 36.2 Å². The number of carbonyl (C=O) groups excluding carboxylic acids is 2. The second kappa shape index (κ2) is 9.23. The van der Waals surface area contributed by atoms with Crippen LogP contribution in [0.2, 0.25) is 0 Å². The molecule has 0 aliphatic heterocycles. The Labute approximate surface area is 151 Å². The largest absolute Gasteiger partial charge is 0.457 e. The van der Waals surface area contributed by atoms with E-state index in [0.717, 1.165) is 0 Å². The van der Waals surface area contributed by atoms with Gasteiger partial charge in [0.05, 0.1) is 23.1 Å². The van der Waals surface area contributed by atoms with Crippen molar-refractivity contribution >= 4 is 11.9 Å². The normalized spacial score (nSPS) is 11.1. The predicted molar refractivity (Wildman–Crippen MR) is 93.6 cm³/mol. The Bertz CT molecular complexity index is 790. The summed E-state index contributed by atoms with van der Waals surface area (Å²) in [4.78, 5) is 23.6. The zero-order valence-corrected chi connectivity index (χ0v) is 14.6. The van der Waals surface area contributed by atoms with Crippen LogP contribution in [0.25, 0.3) is 0 Å². The molecule has 134 valence electrons. The van der Waals surface area contributed by atoms with Crippen molar-refractivity contribution in [3.8, 4) is 17.6 Å². The first-order valence-corrected chi connectivity index (χ1v) is 8.15. The Morgan fingerprint density at radius 3 is 2.23 bits per heavy atom. The number of carbonyl (C=O) groups is 2. The van der Waals surface area contributed by atoms with Gasteiger partial charge in [0.15, 0.2) is 0 Å². The lowest BCUT2D eigenvalue weighted by molar-refractivity contribution is -0.154. The molecule has 0 saturated heterocycles. The first-order chi connectivity index (χ1) is 12.5. The van der Waals surface area contributed by atoms with Crippen LogP contribution in [0.5, 0.6) is 11.5 Å². The number of benzene rings is 2. The minimum atomic E-state index is -0.524. The molecule has 0 aliphatic rings. The molecule has 0 heterocycles. The van der Waals surface area contributed by atoms with E-state index in [0.29, 0.717) is 29.0 Å². The van der Waals surface area contributed by atoms with Gasteiger partial charge in [-0.3, -0.25) is 4.79 Å². The van der Waals surface area contributed by atoms with Crippen LogP contribution in [-0.2, 0) is 9.53 Å². The fraction of sp³-hybridized carbons (Fsp3) is 0.250. The van der Waals surface area contributed by atoms with E-state index in [4.69, 9.17) is 19.5 Å². The second-order valence-corrected chi connectivity index (χ2v) is 5.58. The smallest absolute Gasteiger partial charge is 0.343 e. The summed E-state index contributed by atoms with van der Waals surface area (Å²) in [7, 11) is 0. The van der Waals surface area contributed by atoms with Gasteiger partial charge in [-0.1, -0.05) is 13.8 Å². The van der Waals surface area contributed by atoms with Crippen LogP contribution < -0.4 is 9.47 Å². The summed E-state index contributed by atoms with van der Waals surface area (Å²) in [5, 5.41) is 8.75. The van der Waals surface area contributed by atoms with Gasteiger partial charge in [-0.2, -0.15) is 5.26 Å². The molecule has 0 aromatic heterocycles. The van der Waals surface area contributed by atoms with E-state index in [1.807, 2.05) is 13.0 Å². The highest BCUT2D eigenvalue weighted by atomic mass is 16.7. The molecule has 0 N–H and O–H groups in total. The van der Waals surface area contributed by atoms with E-state index in [9.17, 15) is 9.59 Å². The fourth-order valence-electron chi connectivity index (χ4n) is 1.92. The van der Waals surface area contributed by atoms with Gasteiger partial charge >= 0.3 is 11.9 Å². The van der Waals surface area contributed by atoms with Crippen molar-refractivity contribution in [2.24, 2.45) is 5.92 Å². The maximum Gasteiger partial charge on any atom is 0.343 e. The predicted octanol–water partition coefficient (Wildman–Crippen LogP) is 3.70. The van der Waals surface area contributed by atoms with Crippen molar-refractivity contribution in [1.29, 1.82) is 5.26 Å². The molecule has 0 amide bonds. The zero-order chi connectivity index (χ0) is 18.9. The molecule has 0 bridgehead atoms. The first kappa shape index (κ1) is 19.0. The standard InChI is InChI=1S/C20H19NO5/c1-3-14(2)19(22)25-13-24-17-10-6-16(7-11-17)20(23)26-18-8-4-15(12-21)5-9-18/h4-11,14H,3,13H2,1-2H3. The van der Waals surface area contributed by atoms with Gasteiger partial charge < -0.3 is 14.2 Å². The Balaban J connectivity index is 1.86. The lowest BCUT2D eigenvalue weighted by Gasteiger charge is -2.10. The van der Waals surface area contributed by atoms with Crippen LogP contribution in [0.15, 0.2) is 48.5 Å². The lowest BCUT2D eigenvalue weighted by Crippen LogP contribution is -2.17. The van der Waals surface area contributed by atoms with E-state index >= 15 is 0 Å². The number of nitrogens with zero attached hydrogens (tertiary/aromatic N) is 1. The van der Waals surface area contributed by atoms with Crippen LogP contribution in [0, 0.1) is 17.2 Å². The molecule has 0 fully saturated rings. The van der Waals surface area contributed by atoms with Gasteiger partial charge in [-0.05, 0) is 55.0 Å². The molecule has 6 nitrogen and oxygen atoms in total. The molecule has 0 aliphatic carbocycles. The summed E-state index contributed by atoms with van der Waals surface area (Å²) >= 11 is 0. The molecule has 2 rings (SSSR count). The number of ether oxygens (including phenoxy) is 3. The molecule has 2 aromatic rings. The van der Waals surface area contributed by atoms with Crippen molar-refractivity contribution < 1.29 is 23.8 Å².